The second-order valence-corrected chi connectivity index (χ2v) is 4.22. The van der Waals surface area contributed by atoms with E-state index in [1.807, 2.05) is 5.43 Å². The van der Waals surface area contributed by atoms with Crippen LogP contribution in [0.25, 0.3) is 0 Å². The smallest absolute Gasteiger partial charge is 0.312 e. The number of nitro groups is 1. The molecule has 0 aliphatic heterocycles. The molecule has 1 amide bonds. The van der Waals surface area contributed by atoms with Gasteiger partial charge in [0, 0.05) is 6.07 Å². The van der Waals surface area contributed by atoms with Crippen LogP contribution in [-0.4, -0.2) is 16.9 Å². The van der Waals surface area contributed by atoms with Gasteiger partial charge in [0.25, 0.3) is 5.91 Å². The molecule has 98 valence electrons. The molecule has 3 N–H and O–H groups in total. The van der Waals surface area contributed by atoms with Crippen molar-refractivity contribution in [2.45, 2.75) is 19.4 Å². The maximum atomic E-state index is 11.4. The van der Waals surface area contributed by atoms with Crippen LogP contribution in [-0.2, 0) is 4.79 Å². The fourth-order valence-corrected chi connectivity index (χ4v) is 1.76. The van der Waals surface area contributed by atoms with E-state index in [0.29, 0.717) is 10.9 Å². The first-order valence-corrected chi connectivity index (χ1v) is 5.90. The van der Waals surface area contributed by atoms with Crippen molar-refractivity contribution in [3.63, 3.8) is 0 Å². The van der Waals surface area contributed by atoms with E-state index in [2.05, 4.69) is 15.9 Å². The van der Waals surface area contributed by atoms with Gasteiger partial charge in [-0.05, 0) is 28.4 Å². The summed E-state index contributed by atoms with van der Waals surface area (Å²) in [5.41, 5.74) is 1.74. The second kappa shape index (κ2) is 6.31. The summed E-state index contributed by atoms with van der Waals surface area (Å²) in [6.45, 7) is 1.71. The molecule has 0 fully saturated rings. The summed E-state index contributed by atoms with van der Waals surface area (Å²) in [7, 11) is 0. The molecule has 1 aromatic rings. The molecular weight excluding hydrogens is 306 g/mol. The number of nitrogens with one attached hydrogen (secondary N) is 1. The maximum absolute atomic E-state index is 11.4. The Morgan fingerprint density at radius 2 is 2.33 bits per heavy atom. The van der Waals surface area contributed by atoms with Crippen LogP contribution < -0.4 is 16.0 Å². The van der Waals surface area contributed by atoms with Gasteiger partial charge in [0.1, 0.15) is 0 Å². The number of hydrogen-bond donors (Lipinski definition) is 2. The van der Waals surface area contributed by atoms with Gasteiger partial charge >= 0.3 is 5.69 Å². The third-order valence-corrected chi connectivity index (χ3v) is 2.83. The van der Waals surface area contributed by atoms with Crippen molar-refractivity contribution in [3.8, 4) is 5.75 Å². The van der Waals surface area contributed by atoms with Crippen molar-refractivity contribution in [1.82, 2.24) is 5.43 Å². The number of rotatable bonds is 5. The van der Waals surface area contributed by atoms with Crippen molar-refractivity contribution >= 4 is 27.5 Å². The Hall–Kier alpha value is -1.67. The number of nitrogens with two attached hydrogens (primary N) is 1. The Labute approximate surface area is 112 Å². The van der Waals surface area contributed by atoms with Crippen molar-refractivity contribution in [3.05, 3.63) is 32.8 Å². The van der Waals surface area contributed by atoms with E-state index >= 15 is 0 Å². The quantitative estimate of drug-likeness (QED) is 0.370. The normalized spacial score (nSPS) is 11.7. The summed E-state index contributed by atoms with van der Waals surface area (Å²) in [6.07, 6.45) is -0.547. The van der Waals surface area contributed by atoms with Gasteiger partial charge in [0.2, 0.25) is 5.75 Å². The van der Waals surface area contributed by atoms with E-state index < -0.39 is 16.9 Å². The minimum Gasteiger partial charge on any atom is -0.473 e. The van der Waals surface area contributed by atoms with Crippen LogP contribution in [0.3, 0.4) is 0 Å². The van der Waals surface area contributed by atoms with E-state index in [4.69, 9.17) is 10.6 Å². The number of halogens is 1. The number of carbonyl (C=O) groups excluding carboxylic acids is 1. The number of carbonyl (C=O) groups is 1. The van der Waals surface area contributed by atoms with Crippen LogP contribution in [0.1, 0.15) is 13.3 Å². The predicted molar refractivity (Wildman–Crippen MR) is 67.8 cm³/mol. The molecule has 18 heavy (non-hydrogen) atoms. The Morgan fingerprint density at radius 3 is 2.83 bits per heavy atom. The van der Waals surface area contributed by atoms with Crippen molar-refractivity contribution in [2.75, 3.05) is 0 Å². The third kappa shape index (κ3) is 3.17. The van der Waals surface area contributed by atoms with Crippen LogP contribution >= 0.6 is 15.9 Å². The summed E-state index contributed by atoms with van der Waals surface area (Å²) >= 11 is 3.15. The molecule has 7 nitrogen and oxygen atoms in total. The molecular formula is C10H12BrN3O4. The molecule has 0 saturated heterocycles. The fraction of sp³-hybridized carbons (Fsp3) is 0.300. The molecule has 0 spiro atoms. The highest BCUT2D eigenvalue weighted by Crippen LogP contribution is 2.35. The standard InChI is InChI=1S/C10H12BrN3O4/c1-2-8(10(15)13-12)18-9-6(11)4-3-5-7(9)14(16)17/h3-5,8H,2,12H2,1H3,(H,13,15). The molecule has 1 unspecified atom stereocenters. The number of hydrazine groups is 1. The summed E-state index contributed by atoms with van der Waals surface area (Å²) in [6, 6.07) is 4.40. The van der Waals surface area contributed by atoms with Crippen molar-refractivity contribution < 1.29 is 14.5 Å². The summed E-state index contributed by atoms with van der Waals surface area (Å²) < 4.78 is 5.76. The molecule has 1 rings (SSSR count). The molecule has 0 bridgehead atoms. The largest absolute Gasteiger partial charge is 0.473 e. The first-order valence-electron chi connectivity index (χ1n) is 5.11. The van der Waals surface area contributed by atoms with Gasteiger partial charge in [-0.3, -0.25) is 20.3 Å². The molecule has 0 aliphatic carbocycles. The molecule has 1 aromatic carbocycles. The van der Waals surface area contributed by atoms with Crippen LogP contribution in [0.4, 0.5) is 5.69 Å². The second-order valence-electron chi connectivity index (χ2n) is 3.37. The highest BCUT2D eigenvalue weighted by molar-refractivity contribution is 9.10. The van der Waals surface area contributed by atoms with Gasteiger partial charge in [0.15, 0.2) is 6.10 Å². The van der Waals surface area contributed by atoms with Crippen molar-refractivity contribution in [1.29, 1.82) is 0 Å². The minimum absolute atomic E-state index is 0.0120. The highest BCUT2D eigenvalue weighted by Gasteiger charge is 2.24. The lowest BCUT2D eigenvalue weighted by atomic mass is 10.2. The molecule has 0 radical (unpaired) electrons. The van der Waals surface area contributed by atoms with E-state index in [9.17, 15) is 14.9 Å². The summed E-state index contributed by atoms with van der Waals surface area (Å²) in [5.74, 6) is 4.49. The van der Waals surface area contributed by atoms with Gasteiger partial charge in [-0.2, -0.15) is 0 Å². The lowest BCUT2D eigenvalue weighted by Crippen LogP contribution is -2.41. The van der Waals surface area contributed by atoms with Gasteiger partial charge in [0.05, 0.1) is 9.40 Å². The van der Waals surface area contributed by atoms with Crippen LogP contribution in [0.5, 0.6) is 5.75 Å². The zero-order valence-electron chi connectivity index (χ0n) is 9.55. The average molecular weight is 318 g/mol. The van der Waals surface area contributed by atoms with Crippen molar-refractivity contribution in [2.24, 2.45) is 5.84 Å². The third-order valence-electron chi connectivity index (χ3n) is 2.21. The Kier molecular flexibility index (Phi) is 5.05. The Balaban J connectivity index is 3.09. The van der Waals surface area contributed by atoms with Gasteiger partial charge in [-0.1, -0.05) is 13.0 Å². The fourth-order valence-electron chi connectivity index (χ4n) is 1.32. The predicted octanol–water partition coefficient (Wildman–Crippen LogP) is 1.50. The van der Waals surface area contributed by atoms with Gasteiger partial charge in [-0.25, -0.2) is 5.84 Å². The molecule has 8 heteroatoms. The van der Waals surface area contributed by atoms with Gasteiger partial charge in [-0.15, -0.1) is 0 Å². The number of amides is 1. The first-order chi connectivity index (χ1) is 8.51. The number of para-hydroxylation sites is 1. The minimum atomic E-state index is -0.882. The first kappa shape index (κ1) is 14.4. The number of benzene rings is 1. The van der Waals surface area contributed by atoms with Gasteiger partial charge < -0.3 is 4.74 Å². The Bertz CT molecular complexity index is 466. The molecule has 0 aromatic heterocycles. The molecule has 1 atom stereocenters. The topological polar surface area (TPSA) is 107 Å². The Morgan fingerprint density at radius 1 is 1.67 bits per heavy atom. The summed E-state index contributed by atoms with van der Waals surface area (Å²) in [5, 5.41) is 10.9. The lowest BCUT2D eigenvalue weighted by molar-refractivity contribution is -0.386. The molecule has 0 saturated carbocycles. The number of hydrogen-bond acceptors (Lipinski definition) is 5. The average Bonchev–Trinajstić information content (AvgIpc) is 2.36. The maximum Gasteiger partial charge on any atom is 0.312 e. The van der Waals surface area contributed by atoms with Crippen LogP contribution in [0, 0.1) is 10.1 Å². The molecule has 0 aliphatic rings. The van der Waals surface area contributed by atoms with Crippen LogP contribution in [0.15, 0.2) is 22.7 Å². The summed E-state index contributed by atoms with van der Waals surface area (Å²) in [4.78, 5) is 21.7. The highest BCUT2D eigenvalue weighted by atomic mass is 79.9. The SMILES string of the molecule is CCC(Oc1c(Br)cccc1[N+](=O)[O-])C(=O)NN. The zero-order valence-corrected chi connectivity index (χ0v) is 11.1. The molecule has 0 heterocycles. The monoisotopic (exact) mass is 317 g/mol. The number of nitrogens with zero attached hydrogens (tertiary/aromatic N) is 1. The number of ether oxygens (including phenoxy) is 1. The van der Waals surface area contributed by atoms with E-state index in [0.717, 1.165) is 0 Å². The number of nitro benzene ring substituents is 1. The zero-order chi connectivity index (χ0) is 13.7. The van der Waals surface area contributed by atoms with Crippen LogP contribution in [0.2, 0.25) is 0 Å². The lowest BCUT2D eigenvalue weighted by Gasteiger charge is -2.16. The van der Waals surface area contributed by atoms with E-state index in [-0.39, 0.29) is 11.4 Å². The van der Waals surface area contributed by atoms with E-state index in [1.165, 1.54) is 12.1 Å². The van der Waals surface area contributed by atoms with E-state index in [1.54, 1.807) is 13.0 Å².